The van der Waals surface area contributed by atoms with Crippen LogP contribution in [0, 0.1) is 6.92 Å². The number of benzene rings is 1. The molecule has 2 aromatic rings. The minimum Gasteiger partial charge on any atom is -0.255 e. The Morgan fingerprint density at radius 1 is 0.882 bits per heavy atom. The quantitative estimate of drug-likeness (QED) is 0.776. The molecule has 0 aliphatic carbocycles. The monoisotopic (exact) mass is 245 g/mol. The normalized spacial score (nSPS) is 12.5. The molecule has 90 valence electrons. The van der Waals surface area contributed by atoms with Crippen molar-refractivity contribution in [1.82, 2.24) is 4.98 Å². The first kappa shape index (κ1) is 12.2. The lowest BCUT2D eigenvalue weighted by molar-refractivity contribution is 1.23. The van der Waals surface area contributed by atoms with Crippen molar-refractivity contribution in [3.63, 3.8) is 0 Å². The number of hydrogen-bond donors (Lipinski definition) is 0. The number of hydrogen-bond acceptors (Lipinski definition) is 1. The molecule has 1 heterocycles. The van der Waals surface area contributed by atoms with Gasteiger partial charge in [0.25, 0.3) is 0 Å². The molecular formula is C15H19NS. The van der Waals surface area contributed by atoms with Gasteiger partial charge in [0.15, 0.2) is 0 Å². The molecule has 0 bridgehead atoms. The van der Waals surface area contributed by atoms with Gasteiger partial charge < -0.3 is 0 Å². The molecule has 0 aliphatic heterocycles. The summed E-state index contributed by atoms with van der Waals surface area (Å²) in [6, 6.07) is 12.8. The highest BCUT2D eigenvalue weighted by atomic mass is 32.3. The van der Waals surface area contributed by atoms with Gasteiger partial charge in [-0.2, -0.15) is 0 Å². The second-order valence-corrected chi connectivity index (χ2v) is 9.23. The second-order valence-electron chi connectivity index (χ2n) is 5.08. The summed E-state index contributed by atoms with van der Waals surface area (Å²) in [4.78, 5) is 5.92. The molecule has 1 nitrogen and oxygen atoms in total. The van der Waals surface area contributed by atoms with E-state index in [1.54, 1.807) is 0 Å². The molecule has 2 rings (SSSR count). The van der Waals surface area contributed by atoms with Crippen molar-refractivity contribution in [2.75, 3.05) is 18.8 Å². The van der Waals surface area contributed by atoms with Gasteiger partial charge in [-0.1, -0.05) is 29.8 Å². The lowest BCUT2D eigenvalue weighted by Gasteiger charge is -2.25. The highest BCUT2D eigenvalue weighted by Gasteiger charge is 2.08. The van der Waals surface area contributed by atoms with E-state index in [1.807, 2.05) is 6.20 Å². The third-order valence-corrected chi connectivity index (χ3v) is 4.45. The van der Waals surface area contributed by atoms with E-state index in [9.17, 15) is 0 Å². The van der Waals surface area contributed by atoms with Gasteiger partial charge in [-0.3, -0.25) is 4.98 Å². The number of nitrogens with zero attached hydrogens (tertiary/aromatic N) is 1. The molecule has 0 spiro atoms. The van der Waals surface area contributed by atoms with E-state index in [2.05, 4.69) is 67.1 Å². The van der Waals surface area contributed by atoms with E-state index in [-0.39, 0.29) is 0 Å². The van der Waals surface area contributed by atoms with E-state index in [0.717, 1.165) is 5.69 Å². The summed E-state index contributed by atoms with van der Waals surface area (Å²) in [5.41, 5.74) is 3.52. The number of pyridine rings is 1. The van der Waals surface area contributed by atoms with Crippen molar-refractivity contribution in [3.05, 3.63) is 48.2 Å². The lowest BCUT2D eigenvalue weighted by Crippen LogP contribution is -1.94. The van der Waals surface area contributed by atoms with Gasteiger partial charge in [-0.05, 0) is 37.8 Å². The Labute approximate surface area is 105 Å². The van der Waals surface area contributed by atoms with Crippen molar-refractivity contribution in [3.8, 4) is 11.3 Å². The first-order valence-corrected chi connectivity index (χ1v) is 8.54. The Morgan fingerprint density at radius 3 is 2.00 bits per heavy atom. The molecule has 17 heavy (non-hydrogen) atoms. The summed E-state index contributed by atoms with van der Waals surface area (Å²) in [5, 5.41) is 0. The Bertz CT molecular complexity index is 492. The minimum absolute atomic E-state index is 0.671. The summed E-state index contributed by atoms with van der Waals surface area (Å²) in [7, 11) is -0.671. The zero-order valence-electron chi connectivity index (χ0n) is 10.9. The fraction of sp³-hybridized carbons (Fsp3) is 0.267. The maximum absolute atomic E-state index is 4.57. The fourth-order valence-corrected chi connectivity index (χ4v) is 2.48. The number of rotatable bonds is 2. The van der Waals surface area contributed by atoms with Crippen LogP contribution in [0.4, 0.5) is 0 Å². The van der Waals surface area contributed by atoms with Gasteiger partial charge in [0, 0.05) is 16.7 Å². The molecule has 2 heteroatoms. The minimum atomic E-state index is -0.671. The molecular weight excluding hydrogens is 226 g/mol. The van der Waals surface area contributed by atoms with Crippen molar-refractivity contribution in [1.29, 1.82) is 0 Å². The summed E-state index contributed by atoms with van der Waals surface area (Å²) >= 11 is 0. The molecule has 0 amide bonds. The van der Waals surface area contributed by atoms with E-state index >= 15 is 0 Å². The number of aryl methyl sites for hydroxylation is 1. The second kappa shape index (κ2) is 4.53. The van der Waals surface area contributed by atoms with E-state index in [1.165, 1.54) is 16.0 Å². The molecule has 0 fully saturated rings. The molecule has 0 N–H and O–H groups in total. The van der Waals surface area contributed by atoms with Crippen molar-refractivity contribution in [2.24, 2.45) is 0 Å². The van der Waals surface area contributed by atoms with Crippen molar-refractivity contribution < 1.29 is 0 Å². The largest absolute Gasteiger partial charge is 0.255 e. The third-order valence-electron chi connectivity index (χ3n) is 2.79. The van der Waals surface area contributed by atoms with Crippen LogP contribution in [-0.4, -0.2) is 23.8 Å². The fourth-order valence-electron chi connectivity index (χ4n) is 1.64. The zero-order valence-corrected chi connectivity index (χ0v) is 11.7. The first-order valence-electron chi connectivity index (χ1n) is 5.68. The Hall–Kier alpha value is -1.28. The highest BCUT2D eigenvalue weighted by Crippen LogP contribution is 2.44. The van der Waals surface area contributed by atoms with Gasteiger partial charge in [-0.25, -0.2) is 10.0 Å². The predicted molar refractivity (Wildman–Crippen MR) is 78.0 cm³/mol. The molecule has 1 aromatic heterocycles. The molecule has 0 radical (unpaired) electrons. The molecule has 0 saturated heterocycles. The maximum atomic E-state index is 4.57. The zero-order chi connectivity index (χ0) is 12.5. The summed E-state index contributed by atoms with van der Waals surface area (Å²) < 4.78 is 0. The van der Waals surface area contributed by atoms with Crippen LogP contribution in [0.25, 0.3) is 11.3 Å². The van der Waals surface area contributed by atoms with Gasteiger partial charge in [0.1, 0.15) is 0 Å². The Balaban J connectivity index is 2.33. The van der Waals surface area contributed by atoms with Gasteiger partial charge in [0.2, 0.25) is 0 Å². The van der Waals surface area contributed by atoms with Crippen molar-refractivity contribution >= 4 is 10.0 Å². The third kappa shape index (κ3) is 2.89. The molecule has 0 aliphatic rings. The summed E-state index contributed by atoms with van der Waals surface area (Å²) in [6.45, 7) is 2.10. The lowest BCUT2D eigenvalue weighted by atomic mass is 10.1. The van der Waals surface area contributed by atoms with E-state index < -0.39 is 10.0 Å². The van der Waals surface area contributed by atoms with Crippen LogP contribution in [0.2, 0.25) is 0 Å². The van der Waals surface area contributed by atoms with Gasteiger partial charge in [-0.15, -0.1) is 0 Å². The molecule has 0 atom stereocenters. The van der Waals surface area contributed by atoms with Crippen molar-refractivity contribution in [2.45, 2.75) is 11.8 Å². The van der Waals surface area contributed by atoms with Gasteiger partial charge >= 0.3 is 0 Å². The Morgan fingerprint density at radius 2 is 1.53 bits per heavy atom. The molecule has 1 aromatic carbocycles. The topological polar surface area (TPSA) is 12.9 Å². The standard InChI is InChI=1S/C15H19NS/c1-12-5-7-13(8-6-12)15-10-9-14(11-16-15)17(2,3)4/h5-11H,1-4H3. The van der Waals surface area contributed by atoms with Crippen LogP contribution in [0.3, 0.4) is 0 Å². The van der Waals surface area contributed by atoms with Crippen LogP contribution in [0.1, 0.15) is 5.56 Å². The van der Waals surface area contributed by atoms with E-state index in [4.69, 9.17) is 0 Å². The van der Waals surface area contributed by atoms with Gasteiger partial charge in [0.05, 0.1) is 5.69 Å². The van der Waals surface area contributed by atoms with Crippen LogP contribution in [0.5, 0.6) is 0 Å². The first-order chi connectivity index (χ1) is 7.97. The maximum Gasteiger partial charge on any atom is 0.0702 e. The SMILES string of the molecule is Cc1ccc(-c2ccc(S(C)(C)C)cn2)cc1. The molecule has 0 saturated carbocycles. The summed E-state index contributed by atoms with van der Waals surface area (Å²) in [6.07, 6.45) is 8.88. The van der Waals surface area contributed by atoms with Crippen LogP contribution in [0.15, 0.2) is 47.5 Å². The van der Waals surface area contributed by atoms with Crippen LogP contribution < -0.4 is 0 Å². The average Bonchev–Trinajstić information content (AvgIpc) is 2.29. The smallest absolute Gasteiger partial charge is 0.0702 e. The summed E-state index contributed by atoms with van der Waals surface area (Å²) in [5.74, 6) is 0. The Kier molecular flexibility index (Phi) is 3.25. The average molecular weight is 245 g/mol. The predicted octanol–water partition coefficient (Wildman–Crippen LogP) is 4.11. The van der Waals surface area contributed by atoms with E-state index in [0.29, 0.717) is 0 Å². The van der Waals surface area contributed by atoms with Crippen LogP contribution in [-0.2, 0) is 0 Å². The molecule has 0 unspecified atom stereocenters. The van der Waals surface area contributed by atoms with Crippen LogP contribution >= 0.6 is 10.0 Å². The number of aromatic nitrogens is 1. The highest BCUT2D eigenvalue weighted by molar-refractivity contribution is 8.32.